The van der Waals surface area contributed by atoms with Crippen LogP contribution in [0.1, 0.15) is 31.1 Å². The SMILES string of the molecule is CC.N[C@H]1C=Cc2ccccc2[C@H]1O. The van der Waals surface area contributed by atoms with E-state index in [1.165, 1.54) is 0 Å². The van der Waals surface area contributed by atoms with Gasteiger partial charge in [-0.3, -0.25) is 0 Å². The molecule has 1 aromatic carbocycles. The molecular formula is C12H17NO. The minimum absolute atomic E-state index is 0.264. The van der Waals surface area contributed by atoms with Gasteiger partial charge in [-0.05, 0) is 11.1 Å². The second kappa shape index (κ2) is 4.94. The van der Waals surface area contributed by atoms with Crippen molar-refractivity contribution in [2.75, 3.05) is 0 Å². The number of benzene rings is 1. The van der Waals surface area contributed by atoms with Crippen LogP contribution in [0.15, 0.2) is 30.3 Å². The Hall–Kier alpha value is -1.12. The van der Waals surface area contributed by atoms with Gasteiger partial charge >= 0.3 is 0 Å². The second-order valence-corrected chi connectivity index (χ2v) is 3.01. The molecular weight excluding hydrogens is 174 g/mol. The average Bonchev–Trinajstić information content (AvgIpc) is 2.27. The van der Waals surface area contributed by atoms with Gasteiger partial charge in [0, 0.05) is 0 Å². The highest BCUT2D eigenvalue weighted by Crippen LogP contribution is 2.26. The number of fused-ring (bicyclic) bond motifs is 1. The monoisotopic (exact) mass is 191 g/mol. The second-order valence-electron chi connectivity index (χ2n) is 3.01. The van der Waals surface area contributed by atoms with Crippen molar-refractivity contribution < 1.29 is 5.11 Å². The molecule has 0 spiro atoms. The summed E-state index contributed by atoms with van der Waals surface area (Å²) in [5.41, 5.74) is 7.64. The third-order valence-corrected chi connectivity index (χ3v) is 2.18. The molecule has 0 heterocycles. The zero-order chi connectivity index (χ0) is 10.6. The van der Waals surface area contributed by atoms with Crippen molar-refractivity contribution in [2.24, 2.45) is 5.73 Å². The maximum absolute atomic E-state index is 9.65. The van der Waals surface area contributed by atoms with Crippen LogP contribution in [-0.2, 0) is 0 Å². The van der Waals surface area contributed by atoms with Crippen LogP contribution >= 0.6 is 0 Å². The van der Waals surface area contributed by atoms with Gasteiger partial charge in [-0.1, -0.05) is 50.3 Å². The molecule has 2 nitrogen and oxygen atoms in total. The van der Waals surface area contributed by atoms with E-state index in [9.17, 15) is 5.11 Å². The van der Waals surface area contributed by atoms with Crippen molar-refractivity contribution >= 4 is 6.08 Å². The summed E-state index contributed by atoms with van der Waals surface area (Å²) in [5.74, 6) is 0. The lowest BCUT2D eigenvalue weighted by Gasteiger charge is -2.22. The van der Waals surface area contributed by atoms with Gasteiger partial charge < -0.3 is 10.8 Å². The van der Waals surface area contributed by atoms with Gasteiger partial charge in [-0.15, -0.1) is 0 Å². The largest absolute Gasteiger partial charge is 0.386 e. The van der Waals surface area contributed by atoms with Crippen LogP contribution in [0.5, 0.6) is 0 Å². The molecule has 0 saturated heterocycles. The highest BCUT2D eigenvalue weighted by atomic mass is 16.3. The van der Waals surface area contributed by atoms with E-state index in [0.29, 0.717) is 0 Å². The molecule has 0 aliphatic heterocycles. The molecule has 2 atom stereocenters. The van der Waals surface area contributed by atoms with Crippen LogP contribution in [0, 0.1) is 0 Å². The van der Waals surface area contributed by atoms with Crippen molar-refractivity contribution in [3.05, 3.63) is 41.5 Å². The number of rotatable bonds is 0. The van der Waals surface area contributed by atoms with E-state index in [1.54, 1.807) is 0 Å². The fourth-order valence-corrected chi connectivity index (χ4v) is 1.46. The smallest absolute Gasteiger partial charge is 0.0982 e. The summed E-state index contributed by atoms with van der Waals surface area (Å²) in [6.07, 6.45) is 3.23. The third kappa shape index (κ3) is 2.03. The van der Waals surface area contributed by atoms with Crippen LogP contribution < -0.4 is 5.73 Å². The maximum Gasteiger partial charge on any atom is 0.0982 e. The van der Waals surface area contributed by atoms with Gasteiger partial charge in [0.1, 0.15) is 0 Å². The average molecular weight is 191 g/mol. The molecule has 14 heavy (non-hydrogen) atoms. The van der Waals surface area contributed by atoms with E-state index in [2.05, 4.69) is 0 Å². The summed E-state index contributed by atoms with van der Waals surface area (Å²) in [6, 6.07) is 7.48. The van der Waals surface area contributed by atoms with Crippen molar-refractivity contribution in [2.45, 2.75) is 26.0 Å². The first-order valence-electron chi connectivity index (χ1n) is 5.00. The molecule has 2 rings (SSSR count). The van der Waals surface area contributed by atoms with E-state index in [-0.39, 0.29) is 6.04 Å². The van der Waals surface area contributed by atoms with Crippen molar-refractivity contribution in [1.29, 1.82) is 0 Å². The van der Waals surface area contributed by atoms with E-state index < -0.39 is 6.10 Å². The van der Waals surface area contributed by atoms with Crippen LogP contribution in [-0.4, -0.2) is 11.1 Å². The molecule has 1 aromatic rings. The van der Waals surface area contributed by atoms with Gasteiger partial charge in [0.15, 0.2) is 0 Å². The summed E-state index contributed by atoms with van der Waals surface area (Å²) in [4.78, 5) is 0. The Morgan fingerprint density at radius 2 is 1.86 bits per heavy atom. The standard InChI is InChI=1S/C10H11NO.C2H6/c11-9-6-5-7-3-1-2-4-8(7)10(9)12;1-2/h1-6,9-10,12H,11H2;1-2H3/t9-,10+;/m0./s1. The quantitative estimate of drug-likeness (QED) is 0.659. The molecule has 0 amide bonds. The van der Waals surface area contributed by atoms with Gasteiger partial charge in [-0.25, -0.2) is 0 Å². The van der Waals surface area contributed by atoms with Gasteiger partial charge in [0.25, 0.3) is 0 Å². The fourth-order valence-electron chi connectivity index (χ4n) is 1.46. The molecule has 0 saturated carbocycles. The van der Waals surface area contributed by atoms with E-state index in [1.807, 2.05) is 50.3 Å². The number of aliphatic hydroxyl groups excluding tert-OH is 1. The highest BCUT2D eigenvalue weighted by Gasteiger charge is 2.19. The summed E-state index contributed by atoms with van der Waals surface area (Å²) in [6.45, 7) is 4.00. The number of hydrogen-bond donors (Lipinski definition) is 2. The molecule has 2 heteroatoms. The number of aliphatic hydroxyl groups is 1. The van der Waals surface area contributed by atoms with Crippen LogP contribution in [0.3, 0.4) is 0 Å². The minimum Gasteiger partial charge on any atom is -0.386 e. The molecule has 0 aromatic heterocycles. The molecule has 0 fully saturated rings. The fraction of sp³-hybridized carbons (Fsp3) is 0.333. The lowest BCUT2D eigenvalue weighted by atomic mass is 9.92. The Morgan fingerprint density at radius 3 is 2.57 bits per heavy atom. The number of hydrogen-bond acceptors (Lipinski definition) is 2. The lowest BCUT2D eigenvalue weighted by Crippen LogP contribution is -2.28. The Morgan fingerprint density at radius 1 is 1.21 bits per heavy atom. The first kappa shape index (κ1) is 11.0. The van der Waals surface area contributed by atoms with E-state index in [4.69, 9.17) is 5.73 Å². The van der Waals surface area contributed by atoms with Gasteiger partial charge in [-0.2, -0.15) is 0 Å². The topological polar surface area (TPSA) is 46.2 Å². The zero-order valence-corrected chi connectivity index (χ0v) is 8.64. The summed E-state index contributed by atoms with van der Waals surface area (Å²) >= 11 is 0. The Labute approximate surface area is 85.1 Å². The van der Waals surface area contributed by atoms with E-state index in [0.717, 1.165) is 11.1 Å². The maximum atomic E-state index is 9.65. The van der Waals surface area contributed by atoms with Crippen LogP contribution in [0.2, 0.25) is 0 Å². The molecule has 1 aliphatic carbocycles. The number of nitrogens with two attached hydrogens (primary N) is 1. The van der Waals surface area contributed by atoms with Crippen molar-refractivity contribution in [3.8, 4) is 0 Å². The molecule has 0 unspecified atom stereocenters. The Kier molecular flexibility index (Phi) is 3.86. The predicted octanol–water partition coefficient (Wildman–Crippen LogP) is 2.10. The molecule has 76 valence electrons. The predicted molar refractivity (Wildman–Crippen MR) is 59.8 cm³/mol. The summed E-state index contributed by atoms with van der Waals surface area (Å²) in [5, 5.41) is 9.65. The molecule has 0 bridgehead atoms. The molecule has 1 aliphatic rings. The van der Waals surface area contributed by atoms with Gasteiger partial charge in [0.2, 0.25) is 0 Å². The molecule has 0 radical (unpaired) electrons. The first-order chi connectivity index (χ1) is 6.79. The molecule has 3 N–H and O–H groups in total. The Balaban J connectivity index is 0.000000461. The van der Waals surface area contributed by atoms with E-state index >= 15 is 0 Å². The summed E-state index contributed by atoms with van der Waals surface area (Å²) in [7, 11) is 0. The van der Waals surface area contributed by atoms with Crippen molar-refractivity contribution in [1.82, 2.24) is 0 Å². The third-order valence-electron chi connectivity index (χ3n) is 2.18. The van der Waals surface area contributed by atoms with Crippen molar-refractivity contribution in [3.63, 3.8) is 0 Å². The summed E-state index contributed by atoms with van der Waals surface area (Å²) < 4.78 is 0. The Bertz CT molecular complexity index is 320. The lowest BCUT2D eigenvalue weighted by molar-refractivity contribution is 0.162. The first-order valence-corrected chi connectivity index (χ1v) is 5.00. The van der Waals surface area contributed by atoms with Gasteiger partial charge in [0.05, 0.1) is 12.1 Å². The minimum atomic E-state index is -0.550. The highest BCUT2D eigenvalue weighted by molar-refractivity contribution is 5.58. The zero-order valence-electron chi connectivity index (χ0n) is 8.64. The van der Waals surface area contributed by atoms with Crippen LogP contribution in [0.25, 0.3) is 6.08 Å². The van der Waals surface area contributed by atoms with Crippen LogP contribution in [0.4, 0.5) is 0 Å². The normalized spacial score (nSPS) is 23.4.